The summed E-state index contributed by atoms with van der Waals surface area (Å²) in [6.45, 7) is 1.54. The van der Waals surface area contributed by atoms with E-state index < -0.39 is 46.6 Å². The highest BCUT2D eigenvalue weighted by Gasteiger charge is 2.42. The molecule has 126 valence electrons. The number of nitrogen functional groups attached to an aromatic ring is 1. The van der Waals surface area contributed by atoms with Gasteiger partial charge in [0.15, 0.2) is 0 Å². The predicted octanol–water partition coefficient (Wildman–Crippen LogP) is 4.14. The van der Waals surface area contributed by atoms with Crippen LogP contribution in [0.25, 0.3) is 5.57 Å². The molecule has 2 rings (SSSR count). The van der Waals surface area contributed by atoms with Crippen molar-refractivity contribution in [2.75, 3.05) is 5.73 Å². The highest BCUT2D eigenvalue weighted by atomic mass is 19.4. The van der Waals surface area contributed by atoms with Crippen LogP contribution >= 0.6 is 0 Å². The normalized spacial score (nSPS) is 22.6. The highest BCUT2D eigenvalue weighted by Crippen LogP contribution is 2.44. The fourth-order valence-corrected chi connectivity index (χ4v) is 2.41. The van der Waals surface area contributed by atoms with Crippen molar-refractivity contribution >= 4 is 11.3 Å². The standard InChI is InChI=1S/C15H14F6N2/c1-7-4-10(12(6-13(7)23)15(19,20)21)9-3-2-8(22)5-11(9)14(16,17)18/h2-7,13H,22-23H2,1H3. The van der Waals surface area contributed by atoms with Gasteiger partial charge in [0.25, 0.3) is 0 Å². The van der Waals surface area contributed by atoms with Crippen molar-refractivity contribution in [2.45, 2.75) is 25.3 Å². The van der Waals surface area contributed by atoms with E-state index in [9.17, 15) is 26.3 Å². The van der Waals surface area contributed by atoms with Crippen LogP contribution in [0, 0.1) is 5.92 Å². The molecule has 0 bridgehead atoms. The maximum Gasteiger partial charge on any atom is 0.417 e. The van der Waals surface area contributed by atoms with E-state index in [1.54, 1.807) is 6.92 Å². The van der Waals surface area contributed by atoms with E-state index in [1.807, 2.05) is 0 Å². The van der Waals surface area contributed by atoms with Crippen LogP contribution in [0.3, 0.4) is 0 Å². The molecule has 1 aromatic rings. The summed E-state index contributed by atoms with van der Waals surface area (Å²) in [4.78, 5) is 0. The number of benzene rings is 1. The lowest BCUT2D eigenvalue weighted by molar-refractivity contribution is -0.137. The van der Waals surface area contributed by atoms with Crippen LogP contribution < -0.4 is 11.5 Å². The van der Waals surface area contributed by atoms with E-state index in [-0.39, 0.29) is 5.69 Å². The van der Waals surface area contributed by atoms with Crippen LogP contribution in [0.1, 0.15) is 18.1 Å². The Balaban J connectivity index is 2.69. The molecule has 2 nitrogen and oxygen atoms in total. The second kappa shape index (κ2) is 5.59. The van der Waals surface area contributed by atoms with E-state index in [4.69, 9.17) is 11.5 Å². The van der Waals surface area contributed by atoms with Crippen molar-refractivity contribution in [2.24, 2.45) is 11.7 Å². The predicted molar refractivity (Wildman–Crippen MR) is 75.1 cm³/mol. The lowest BCUT2D eigenvalue weighted by atomic mass is 9.83. The zero-order chi connectivity index (χ0) is 17.6. The Labute approximate surface area is 128 Å². The van der Waals surface area contributed by atoms with Gasteiger partial charge < -0.3 is 11.5 Å². The Morgan fingerprint density at radius 3 is 2.09 bits per heavy atom. The quantitative estimate of drug-likeness (QED) is 0.598. The van der Waals surface area contributed by atoms with Crippen LogP contribution in [0.5, 0.6) is 0 Å². The molecule has 2 unspecified atom stereocenters. The fourth-order valence-electron chi connectivity index (χ4n) is 2.41. The molecule has 0 heterocycles. The molecule has 1 aliphatic carbocycles. The minimum Gasteiger partial charge on any atom is -0.399 e. The lowest BCUT2D eigenvalue weighted by Crippen LogP contribution is -2.31. The van der Waals surface area contributed by atoms with E-state index in [0.29, 0.717) is 6.07 Å². The highest BCUT2D eigenvalue weighted by molar-refractivity contribution is 5.84. The summed E-state index contributed by atoms with van der Waals surface area (Å²) in [7, 11) is 0. The summed E-state index contributed by atoms with van der Waals surface area (Å²) in [6.07, 6.45) is -7.76. The largest absolute Gasteiger partial charge is 0.417 e. The summed E-state index contributed by atoms with van der Waals surface area (Å²) < 4.78 is 79.2. The molecule has 0 radical (unpaired) electrons. The second-order valence-electron chi connectivity index (χ2n) is 5.40. The Morgan fingerprint density at radius 2 is 1.57 bits per heavy atom. The molecule has 1 aliphatic rings. The molecule has 0 saturated heterocycles. The van der Waals surface area contributed by atoms with Gasteiger partial charge in [-0.05, 0) is 29.2 Å². The van der Waals surface area contributed by atoms with E-state index in [0.717, 1.165) is 24.3 Å². The Kier molecular flexibility index (Phi) is 4.23. The maximum atomic E-state index is 13.2. The van der Waals surface area contributed by atoms with Crippen molar-refractivity contribution in [3.05, 3.63) is 47.1 Å². The average molecular weight is 336 g/mol. The minimum absolute atomic E-state index is 0.181. The third-order valence-electron chi connectivity index (χ3n) is 3.63. The number of rotatable bonds is 1. The third-order valence-corrected chi connectivity index (χ3v) is 3.63. The van der Waals surface area contributed by atoms with Gasteiger partial charge in [0.2, 0.25) is 0 Å². The molecule has 4 N–H and O–H groups in total. The van der Waals surface area contributed by atoms with Crippen LogP contribution in [0.2, 0.25) is 0 Å². The topological polar surface area (TPSA) is 52.0 Å². The number of anilines is 1. The van der Waals surface area contributed by atoms with Gasteiger partial charge in [0, 0.05) is 11.7 Å². The number of nitrogens with two attached hydrogens (primary N) is 2. The first kappa shape index (κ1) is 17.4. The Bertz CT molecular complexity index is 670. The average Bonchev–Trinajstić information content (AvgIpc) is 2.39. The molecular formula is C15H14F6N2. The molecule has 1 aromatic carbocycles. The van der Waals surface area contributed by atoms with Crippen LogP contribution in [-0.2, 0) is 6.18 Å². The first-order chi connectivity index (χ1) is 10.4. The minimum atomic E-state index is -4.83. The summed E-state index contributed by atoms with van der Waals surface area (Å²) in [5, 5.41) is 0. The van der Waals surface area contributed by atoms with Gasteiger partial charge >= 0.3 is 12.4 Å². The molecule has 0 amide bonds. The third kappa shape index (κ3) is 3.52. The van der Waals surface area contributed by atoms with E-state index in [2.05, 4.69) is 0 Å². The van der Waals surface area contributed by atoms with Gasteiger partial charge in [-0.2, -0.15) is 26.3 Å². The van der Waals surface area contributed by atoms with Crippen molar-refractivity contribution in [1.82, 2.24) is 0 Å². The van der Waals surface area contributed by atoms with Crippen molar-refractivity contribution in [3.8, 4) is 0 Å². The molecule has 23 heavy (non-hydrogen) atoms. The molecule has 0 fully saturated rings. The Morgan fingerprint density at radius 1 is 0.957 bits per heavy atom. The number of allylic oxidation sites excluding steroid dienone is 2. The van der Waals surface area contributed by atoms with Crippen LogP contribution in [-0.4, -0.2) is 12.2 Å². The smallest absolute Gasteiger partial charge is 0.399 e. The first-order valence-electron chi connectivity index (χ1n) is 6.65. The summed E-state index contributed by atoms with van der Waals surface area (Å²) in [6, 6.07) is 1.80. The molecule has 8 heteroatoms. The molecular weight excluding hydrogens is 322 g/mol. The van der Waals surface area contributed by atoms with Gasteiger partial charge in [-0.3, -0.25) is 0 Å². The zero-order valence-corrected chi connectivity index (χ0v) is 12.0. The summed E-state index contributed by atoms with van der Waals surface area (Å²) in [5.41, 5.74) is 7.29. The number of hydrogen-bond acceptors (Lipinski definition) is 2. The molecule has 0 aromatic heterocycles. The summed E-state index contributed by atoms with van der Waals surface area (Å²) in [5.74, 6) is -0.533. The summed E-state index contributed by atoms with van der Waals surface area (Å²) >= 11 is 0. The van der Waals surface area contributed by atoms with E-state index >= 15 is 0 Å². The number of alkyl halides is 6. The monoisotopic (exact) mass is 336 g/mol. The molecule has 0 saturated carbocycles. The van der Waals surface area contributed by atoms with Gasteiger partial charge in [0.1, 0.15) is 0 Å². The van der Waals surface area contributed by atoms with Crippen LogP contribution in [0.4, 0.5) is 32.0 Å². The fraction of sp³-hybridized carbons (Fsp3) is 0.333. The molecule has 0 aliphatic heterocycles. The van der Waals surface area contributed by atoms with Gasteiger partial charge in [-0.25, -0.2) is 0 Å². The second-order valence-corrected chi connectivity index (χ2v) is 5.40. The number of hydrogen-bond donors (Lipinski definition) is 2. The zero-order valence-electron chi connectivity index (χ0n) is 12.0. The molecule has 0 spiro atoms. The molecule has 2 atom stereocenters. The van der Waals surface area contributed by atoms with Crippen molar-refractivity contribution < 1.29 is 26.3 Å². The van der Waals surface area contributed by atoms with Gasteiger partial charge in [-0.1, -0.05) is 25.1 Å². The maximum absolute atomic E-state index is 13.2. The van der Waals surface area contributed by atoms with Crippen molar-refractivity contribution in [1.29, 1.82) is 0 Å². The lowest BCUT2D eigenvalue weighted by Gasteiger charge is -2.27. The number of halogens is 6. The first-order valence-corrected chi connectivity index (χ1v) is 6.65. The van der Waals surface area contributed by atoms with Gasteiger partial charge in [0.05, 0.1) is 11.1 Å². The SMILES string of the molecule is CC1C=C(c2ccc(N)cc2C(F)(F)F)C(C(F)(F)F)=CC1N. The Hall–Kier alpha value is -1.96. The van der Waals surface area contributed by atoms with Gasteiger partial charge in [-0.15, -0.1) is 0 Å². The van der Waals surface area contributed by atoms with E-state index in [1.165, 1.54) is 0 Å². The van der Waals surface area contributed by atoms with Crippen LogP contribution in [0.15, 0.2) is 35.9 Å². The van der Waals surface area contributed by atoms with Crippen molar-refractivity contribution in [3.63, 3.8) is 0 Å².